The first-order valence-electron chi connectivity index (χ1n) is 7.29. The summed E-state index contributed by atoms with van der Waals surface area (Å²) < 4.78 is 18.4. The van der Waals surface area contributed by atoms with Gasteiger partial charge in [0.05, 0.1) is 18.0 Å². The van der Waals surface area contributed by atoms with Crippen molar-refractivity contribution in [3.8, 4) is 0 Å². The van der Waals surface area contributed by atoms with E-state index in [1.165, 1.54) is 12.1 Å². The summed E-state index contributed by atoms with van der Waals surface area (Å²) in [6.45, 7) is 2.58. The molecule has 22 heavy (non-hydrogen) atoms. The normalized spacial score (nSPS) is 22.6. The van der Waals surface area contributed by atoms with Crippen molar-refractivity contribution in [2.24, 2.45) is 0 Å². The van der Waals surface area contributed by atoms with Crippen molar-refractivity contribution in [1.29, 1.82) is 0 Å². The number of aromatic nitrogens is 3. The van der Waals surface area contributed by atoms with Crippen LogP contribution in [0.25, 0.3) is 6.08 Å². The van der Waals surface area contributed by atoms with E-state index in [0.717, 1.165) is 30.9 Å². The van der Waals surface area contributed by atoms with Gasteiger partial charge in [0.2, 0.25) is 0 Å². The van der Waals surface area contributed by atoms with Gasteiger partial charge in [-0.25, -0.2) is 4.39 Å². The first kappa shape index (κ1) is 14.9. The average Bonchev–Trinajstić information content (AvgIpc) is 3.18. The smallest absolute Gasteiger partial charge is 0.123 e. The number of hydrogen-bond acceptors (Lipinski definition) is 4. The number of methoxy groups -OCH3 is 1. The number of H-pyrrole nitrogens is 1. The van der Waals surface area contributed by atoms with Crippen molar-refractivity contribution in [1.82, 2.24) is 20.3 Å². The lowest BCUT2D eigenvalue weighted by molar-refractivity contribution is 0.0974. The Balaban J connectivity index is 1.58. The van der Waals surface area contributed by atoms with Crippen LogP contribution in [-0.4, -0.2) is 53.2 Å². The Bertz CT molecular complexity index is 612. The highest BCUT2D eigenvalue weighted by Crippen LogP contribution is 2.27. The Morgan fingerprint density at radius 3 is 2.86 bits per heavy atom. The standard InChI is InChI=1S/C16H19FN4O/c1-22-16-11-21(10-14(16)15-9-18-20-19-15)8-2-3-12-4-6-13(17)7-5-12/h2-7,9,14,16H,8,10-11H2,1H3,(H,18,19,20)/b3-2+/t14-,16+/m0/s1. The molecule has 1 aliphatic heterocycles. The molecule has 1 N–H and O–H groups in total. The number of likely N-dealkylation sites (tertiary alicyclic amines) is 1. The molecule has 0 spiro atoms. The van der Waals surface area contributed by atoms with Crippen molar-refractivity contribution in [2.75, 3.05) is 26.7 Å². The zero-order chi connectivity index (χ0) is 15.4. The fourth-order valence-electron chi connectivity index (χ4n) is 2.82. The highest BCUT2D eigenvalue weighted by Gasteiger charge is 2.34. The quantitative estimate of drug-likeness (QED) is 0.918. The Kier molecular flexibility index (Phi) is 4.60. The largest absolute Gasteiger partial charge is 0.379 e. The molecule has 1 aromatic heterocycles. The Morgan fingerprint density at radius 1 is 1.36 bits per heavy atom. The van der Waals surface area contributed by atoms with E-state index < -0.39 is 0 Å². The number of halogens is 1. The first-order chi connectivity index (χ1) is 10.8. The lowest BCUT2D eigenvalue weighted by atomic mass is 10.0. The molecule has 2 atom stereocenters. The predicted octanol–water partition coefficient (Wildman–Crippen LogP) is 2.07. The van der Waals surface area contributed by atoms with Crippen LogP contribution in [0.3, 0.4) is 0 Å². The summed E-state index contributed by atoms with van der Waals surface area (Å²) in [6.07, 6.45) is 5.98. The van der Waals surface area contributed by atoms with Crippen molar-refractivity contribution >= 4 is 6.08 Å². The number of benzene rings is 1. The second kappa shape index (κ2) is 6.81. The van der Waals surface area contributed by atoms with Gasteiger partial charge < -0.3 is 4.74 Å². The van der Waals surface area contributed by atoms with Gasteiger partial charge in [-0.3, -0.25) is 4.90 Å². The Hall–Kier alpha value is -2.05. The van der Waals surface area contributed by atoms with E-state index in [1.807, 2.05) is 6.08 Å². The van der Waals surface area contributed by atoms with Gasteiger partial charge in [-0.15, -0.1) is 0 Å². The second-order valence-electron chi connectivity index (χ2n) is 5.45. The van der Waals surface area contributed by atoms with Crippen LogP contribution in [0.5, 0.6) is 0 Å². The summed E-state index contributed by atoms with van der Waals surface area (Å²) in [7, 11) is 1.73. The monoisotopic (exact) mass is 302 g/mol. The van der Waals surface area contributed by atoms with Gasteiger partial charge in [-0.2, -0.15) is 15.4 Å². The van der Waals surface area contributed by atoms with Crippen LogP contribution in [0.4, 0.5) is 4.39 Å². The fourth-order valence-corrected chi connectivity index (χ4v) is 2.82. The van der Waals surface area contributed by atoms with E-state index in [0.29, 0.717) is 0 Å². The number of hydrogen-bond donors (Lipinski definition) is 1. The maximum absolute atomic E-state index is 12.9. The predicted molar refractivity (Wildman–Crippen MR) is 81.8 cm³/mol. The molecular formula is C16H19FN4O. The lowest BCUT2D eigenvalue weighted by Gasteiger charge is -2.13. The van der Waals surface area contributed by atoms with E-state index in [1.54, 1.807) is 25.4 Å². The lowest BCUT2D eigenvalue weighted by Crippen LogP contribution is -2.23. The Morgan fingerprint density at radius 2 is 2.18 bits per heavy atom. The van der Waals surface area contributed by atoms with Crippen LogP contribution in [-0.2, 0) is 4.74 Å². The zero-order valence-corrected chi connectivity index (χ0v) is 12.4. The van der Waals surface area contributed by atoms with Crippen LogP contribution >= 0.6 is 0 Å². The third kappa shape index (κ3) is 3.40. The van der Waals surface area contributed by atoms with E-state index >= 15 is 0 Å². The molecule has 2 aromatic rings. The highest BCUT2D eigenvalue weighted by molar-refractivity contribution is 5.49. The molecule has 0 radical (unpaired) electrons. The summed E-state index contributed by atoms with van der Waals surface area (Å²) in [4.78, 5) is 2.31. The van der Waals surface area contributed by atoms with Crippen molar-refractivity contribution in [3.63, 3.8) is 0 Å². The molecule has 6 heteroatoms. The molecule has 0 unspecified atom stereocenters. The SMILES string of the molecule is CO[C@@H]1CN(C/C=C/c2ccc(F)cc2)C[C@H]1c1cn[nH]n1. The molecule has 116 valence electrons. The summed E-state index contributed by atoms with van der Waals surface area (Å²) >= 11 is 0. The molecule has 0 amide bonds. The van der Waals surface area contributed by atoms with Crippen LogP contribution in [0.1, 0.15) is 17.2 Å². The fraction of sp³-hybridized carbons (Fsp3) is 0.375. The molecule has 1 aromatic carbocycles. The van der Waals surface area contributed by atoms with E-state index in [9.17, 15) is 4.39 Å². The summed E-state index contributed by atoms with van der Waals surface area (Å²) in [6, 6.07) is 6.48. The molecular weight excluding hydrogens is 283 g/mol. The summed E-state index contributed by atoms with van der Waals surface area (Å²) in [5.41, 5.74) is 1.94. The molecule has 1 fully saturated rings. The van der Waals surface area contributed by atoms with Gasteiger partial charge in [-0.1, -0.05) is 24.3 Å². The van der Waals surface area contributed by atoms with Gasteiger partial charge in [0.25, 0.3) is 0 Å². The number of nitrogens with one attached hydrogen (secondary N) is 1. The molecule has 1 aliphatic rings. The molecule has 0 saturated carbocycles. The van der Waals surface area contributed by atoms with Gasteiger partial charge in [-0.05, 0) is 17.7 Å². The second-order valence-corrected chi connectivity index (χ2v) is 5.45. The maximum Gasteiger partial charge on any atom is 0.123 e. The average molecular weight is 302 g/mol. The number of ether oxygens (including phenoxy) is 1. The minimum atomic E-state index is -0.213. The van der Waals surface area contributed by atoms with Gasteiger partial charge in [0.15, 0.2) is 0 Å². The highest BCUT2D eigenvalue weighted by atomic mass is 19.1. The number of nitrogens with zero attached hydrogens (tertiary/aromatic N) is 3. The van der Waals surface area contributed by atoms with Crippen LogP contribution in [0.15, 0.2) is 36.5 Å². The number of rotatable bonds is 5. The van der Waals surface area contributed by atoms with Gasteiger partial charge >= 0.3 is 0 Å². The topological polar surface area (TPSA) is 54.0 Å². The molecule has 0 aliphatic carbocycles. The van der Waals surface area contributed by atoms with Crippen LogP contribution < -0.4 is 0 Å². The van der Waals surface area contributed by atoms with Crippen LogP contribution in [0.2, 0.25) is 0 Å². The minimum Gasteiger partial charge on any atom is -0.379 e. The van der Waals surface area contributed by atoms with Crippen molar-refractivity contribution < 1.29 is 9.13 Å². The van der Waals surface area contributed by atoms with E-state index in [-0.39, 0.29) is 17.8 Å². The van der Waals surface area contributed by atoms with E-state index in [4.69, 9.17) is 4.74 Å². The van der Waals surface area contributed by atoms with E-state index in [2.05, 4.69) is 26.4 Å². The van der Waals surface area contributed by atoms with Crippen molar-refractivity contribution in [3.05, 3.63) is 53.6 Å². The molecule has 1 saturated heterocycles. The van der Waals surface area contributed by atoms with Crippen LogP contribution in [0, 0.1) is 5.82 Å². The maximum atomic E-state index is 12.9. The first-order valence-corrected chi connectivity index (χ1v) is 7.29. The Labute approximate surface area is 128 Å². The molecule has 5 nitrogen and oxygen atoms in total. The van der Waals surface area contributed by atoms with Gasteiger partial charge in [0, 0.05) is 32.7 Å². The third-order valence-electron chi connectivity index (χ3n) is 4.00. The summed E-state index contributed by atoms with van der Waals surface area (Å²) in [5.74, 6) is 0.0260. The zero-order valence-electron chi connectivity index (χ0n) is 12.4. The molecule has 2 heterocycles. The minimum absolute atomic E-state index is 0.129. The van der Waals surface area contributed by atoms with Gasteiger partial charge in [0.1, 0.15) is 5.82 Å². The molecule has 3 rings (SSSR count). The number of aromatic amines is 1. The third-order valence-corrected chi connectivity index (χ3v) is 4.00. The molecule has 0 bridgehead atoms. The van der Waals surface area contributed by atoms with Crippen molar-refractivity contribution in [2.45, 2.75) is 12.0 Å². The summed E-state index contributed by atoms with van der Waals surface area (Å²) in [5, 5.41) is 10.7.